The van der Waals surface area contributed by atoms with E-state index < -0.39 is 24.7 Å². The Hall–Kier alpha value is -2.54. The fourth-order valence-electron chi connectivity index (χ4n) is 4.23. The third-order valence-corrected chi connectivity index (χ3v) is 5.99. The quantitative estimate of drug-likeness (QED) is 0.726. The molecule has 0 spiro atoms. The molecular weight excluding hydrogens is 393 g/mol. The molecule has 1 aliphatic carbocycles. The highest BCUT2D eigenvalue weighted by Gasteiger charge is 2.45. The number of rotatable bonds is 6. The number of benzene rings is 2. The van der Waals surface area contributed by atoms with Gasteiger partial charge in [0.15, 0.2) is 6.04 Å². The Kier molecular flexibility index (Phi) is 6.13. The van der Waals surface area contributed by atoms with Gasteiger partial charge in [0.1, 0.15) is 0 Å². The van der Waals surface area contributed by atoms with E-state index in [4.69, 9.17) is 5.11 Å². The van der Waals surface area contributed by atoms with E-state index in [2.05, 4.69) is 31.3 Å². The largest absolute Gasteiger partial charge is 0.413 e. The maximum Gasteiger partial charge on any atom is 0.413 e. The highest BCUT2D eigenvalue weighted by molar-refractivity contribution is 5.76. The molecule has 1 unspecified atom stereocenters. The molecule has 2 atom stereocenters. The number of aliphatic hydroxyl groups is 1. The Morgan fingerprint density at radius 3 is 2.40 bits per heavy atom. The van der Waals surface area contributed by atoms with Gasteiger partial charge in [-0.25, -0.2) is 0 Å². The molecule has 1 aliphatic rings. The molecule has 0 radical (unpaired) electrons. The average molecular weight is 420 g/mol. The number of aliphatic hydroxyl groups excluding tert-OH is 1. The summed E-state index contributed by atoms with van der Waals surface area (Å²) in [4.78, 5) is 12.6. The van der Waals surface area contributed by atoms with Gasteiger partial charge in [0.2, 0.25) is 5.91 Å². The molecule has 0 saturated heterocycles. The Morgan fingerprint density at radius 2 is 1.83 bits per heavy atom. The molecule has 0 aliphatic heterocycles. The summed E-state index contributed by atoms with van der Waals surface area (Å²) < 4.78 is 41.0. The van der Waals surface area contributed by atoms with Crippen LogP contribution in [0.3, 0.4) is 0 Å². The summed E-state index contributed by atoms with van der Waals surface area (Å²) in [6.45, 7) is 3.83. The first kappa shape index (κ1) is 22.2. The zero-order valence-electron chi connectivity index (χ0n) is 17.3. The predicted molar refractivity (Wildman–Crippen MR) is 110 cm³/mol. The molecule has 2 N–H and O–H groups in total. The van der Waals surface area contributed by atoms with Crippen molar-refractivity contribution in [2.75, 3.05) is 19.0 Å². The lowest BCUT2D eigenvalue weighted by Crippen LogP contribution is -2.40. The van der Waals surface area contributed by atoms with Gasteiger partial charge in [0.25, 0.3) is 0 Å². The van der Waals surface area contributed by atoms with Crippen molar-refractivity contribution in [2.45, 2.75) is 50.4 Å². The molecule has 0 bridgehead atoms. The van der Waals surface area contributed by atoms with Gasteiger partial charge in [-0.15, -0.1) is 0 Å². The second kappa shape index (κ2) is 8.30. The van der Waals surface area contributed by atoms with Crippen LogP contribution in [0.2, 0.25) is 0 Å². The molecule has 2 aromatic rings. The van der Waals surface area contributed by atoms with Gasteiger partial charge >= 0.3 is 6.18 Å². The van der Waals surface area contributed by atoms with Crippen molar-refractivity contribution in [2.24, 2.45) is 0 Å². The predicted octanol–water partition coefficient (Wildman–Crippen LogP) is 4.45. The number of carbonyl (C=O) groups is 1. The fourth-order valence-corrected chi connectivity index (χ4v) is 4.23. The molecule has 0 aromatic heterocycles. The van der Waals surface area contributed by atoms with Gasteiger partial charge in [0, 0.05) is 30.6 Å². The molecule has 7 heteroatoms. The van der Waals surface area contributed by atoms with E-state index in [9.17, 15) is 18.0 Å². The maximum absolute atomic E-state index is 13.7. The summed E-state index contributed by atoms with van der Waals surface area (Å²) in [7, 11) is 1.11. The molecule has 3 rings (SSSR count). The molecule has 2 aromatic carbocycles. The van der Waals surface area contributed by atoms with Gasteiger partial charge in [-0.2, -0.15) is 13.2 Å². The van der Waals surface area contributed by atoms with Crippen molar-refractivity contribution < 1.29 is 23.1 Å². The molecular formula is C23H27F3N2O2. The van der Waals surface area contributed by atoms with Crippen molar-refractivity contribution in [3.8, 4) is 0 Å². The van der Waals surface area contributed by atoms with E-state index in [0.717, 1.165) is 19.2 Å². The molecule has 162 valence electrons. The van der Waals surface area contributed by atoms with Crippen molar-refractivity contribution in [1.29, 1.82) is 0 Å². The van der Waals surface area contributed by atoms with Crippen LogP contribution in [0.4, 0.5) is 18.9 Å². The van der Waals surface area contributed by atoms with E-state index in [1.165, 1.54) is 23.3 Å². The first-order valence-corrected chi connectivity index (χ1v) is 9.94. The van der Waals surface area contributed by atoms with Gasteiger partial charge in [-0.05, 0) is 35.2 Å². The Labute approximate surface area is 174 Å². The van der Waals surface area contributed by atoms with Crippen LogP contribution in [-0.2, 0) is 16.6 Å². The second-order valence-electron chi connectivity index (χ2n) is 8.32. The number of fused-ring (bicyclic) bond motifs is 1. The minimum absolute atomic E-state index is 0.0178. The molecule has 30 heavy (non-hydrogen) atoms. The molecule has 0 saturated carbocycles. The van der Waals surface area contributed by atoms with Crippen LogP contribution >= 0.6 is 0 Å². The monoisotopic (exact) mass is 420 g/mol. The smallest absolute Gasteiger partial charge is 0.396 e. The summed E-state index contributed by atoms with van der Waals surface area (Å²) in [6, 6.07) is 12.4. The van der Waals surface area contributed by atoms with Crippen LogP contribution in [-0.4, -0.2) is 41.8 Å². The number of carbonyl (C=O) groups excluding carboxylic acids is 1. The molecule has 4 nitrogen and oxygen atoms in total. The minimum Gasteiger partial charge on any atom is -0.396 e. The highest BCUT2D eigenvalue weighted by atomic mass is 19.4. The van der Waals surface area contributed by atoms with E-state index in [1.807, 2.05) is 12.1 Å². The lowest BCUT2D eigenvalue weighted by atomic mass is 9.83. The first-order chi connectivity index (χ1) is 14.1. The van der Waals surface area contributed by atoms with Gasteiger partial charge in [-0.1, -0.05) is 50.2 Å². The minimum atomic E-state index is -4.62. The van der Waals surface area contributed by atoms with E-state index in [-0.39, 0.29) is 23.4 Å². The lowest BCUT2D eigenvalue weighted by Gasteiger charge is -2.31. The number of nitrogens with one attached hydrogen (secondary N) is 1. The van der Waals surface area contributed by atoms with Crippen LogP contribution < -0.4 is 5.32 Å². The summed E-state index contributed by atoms with van der Waals surface area (Å²) in [5.41, 5.74) is 3.16. The van der Waals surface area contributed by atoms with Gasteiger partial charge in [-0.3, -0.25) is 4.79 Å². The number of nitrogens with zero attached hydrogens (tertiary/aromatic N) is 1. The summed E-state index contributed by atoms with van der Waals surface area (Å²) >= 11 is 0. The van der Waals surface area contributed by atoms with Crippen LogP contribution in [0.5, 0.6) is 0 Å². The number of hydrogen-bond acceptors (Lipinski definition) is 3. The average Bonchev–Trinajstić information content (AvgIpc) is 2.93. The zero-order chi connectivity index (χ0) is 22.1. The standard InChI is InChI=1S/C23H27F3N2O2/c1-22(2)18-7-5-4-6-16(18)14-19(22)27-17-10-8-15(9-11-17)21(23(24,25)26)28(3)20(30)12-13-29/h4-11,19,21,27,29H,12-14H2,1-3H3/t19?,21-/m0/s1. The Morgan fingerprint density at radius 1 is 1.20 bits per heavy atom. The van der Waals surface area contributed by atoms with Crippen molar-refractivity contribution in [1.82, 2.24) is 4.90 Å². The van der Waals surface area contributed by atoms with Gasteiger partial charge < -0.3 is 15.3 Å². The highest BCUT2D eigenvalue weighted by Crippen LogP contribution is 2.41. The van der Waals surface area contributed by atoms with Crippen LogP contribution in [0.15, 0.2) is 48.5 Å². The third-order valence-electron chi connectivity index (χ3n) is 5.99. The summed E-state index contributed by atoms with van der Waals surface area (Å²) in [5, 5.41) is 12.3. The van der Waals surface area contributed by atoms with Crippen LogP contribution in [0.1, 0.15) is 43.0 Å². The second-order valence-corrected chi connectivity index (χ2v) is 8.32. The number of halogens is 3. The number of hydrogen-bond donors (Lipinski definition) is 2. The lowest BCUT2D eigenvalue weighted by molar-refractivity contribution is -0.189. The van der Waals surface area contributed by atoms with Gasteiger partial charge in [0.05, 0.1) is 6.61 Å². The van der Waals surface area contributed by atoms with Crippen LogP contribution in [0, 0.1) is 0 Å². The fraction of sp³-hybridized carbons (Fsp3) is 0.435. The number of amides is 1. The number of anilines is 1. The topological polar surface area (TPSA) is 52.6 Å². The SMILES string of the molecule is CN(C(=O)CCO)[C@@H](c1ccc(NC2Cc3ccccc3C2(C)C)cc1)C(F)(F)F. The maximum atomic E-state index is 13.7. The van der Waals surface area contributed by atoms with Crippen molar-refractivity contribution in [3.05, 3.63) is 65.2 Å². The first-order valence-electron chi connectivity index (χ1n) is 9.94. The van der Waals surface area contributed by atoms with Crippen molar-refractivity contribution >= 4 is 11.6 Å². The zero-order valence-corrected chi connectivity index (χ0v) is 17.3. The number of alkyl halides is 3. The Bertz CT molecular complexity index is 894. The van der Waals surface area contributed by atoms with Crippen molar-refractivity contribution in [3.63, 3.8) is 0 Å². The van der Waals surface area contributed by atoms with Crippen LogP contribution in [0.25, 0.3) is 0 Å². The normalized spacial score (nSPS) is 18.6. The summed E-state index contributed by atoms with van der Waals surface area (Å²) in [5.74, 6) is -0.757. The molecule has 0 heterocycles. The van der Waals surface area contributed by atoms with E-state index in [0.29, 0.717) is 4.90 Å². The third kappa shape index (κ3) is 4.31. The van der Waals surface area contributed by atoms with E-state index >= 15 is 0 Å². The molecule has 1 amide bonds. The van der Waals surface area contributed by atoms with E-state index in [1.54, 1.807) is 12.1 Å². The summed E-state index contributed by atoms with van der Waals surface area (Å²) in [6.07, 6.45) is -4.13. The molecule has 0 fully saturated rings. The Balaban J connectivity index is 1.79.